The number of rotatable bonds is 63. The molecular weight excluding hydrogens is 1010 g/mol. The number of esters is 3. The summed E-state index contributed by atoms with van der Waals surface area (Å²) in [4.78, 5) is 38.4. The van der Waals surface area contributed by atoms with E-state index in [0.29, 0.717) is 19.3 Å². The van der Waals surface area contributed by atoms with Crippen molar-refractivity contribution >= 4 is 17.9 Å². The number of hydrogen-bond acceptors (Lipinski definition) is 6. The smallest absolute Gasteiger partial charge is 0.306 e. The molecule has 0 rings (SSSR count). The van der Waals surface area contributed by atoms with Gasteiger partial charge in [-0.3, -0.25) is 14.4 Å². The lowest BCUT2D eigenvalue weighted by molar-refractivity contribution is -0.167. The molecule has 0 aliphatic carbocycles. The van der Waals surface area contributed by atoms with Crippen molar-refractivity contribution in [3.63, 3.8) is 0 Å². The van der Waals surface area contributed by atoms with Gasteiger partial charge < -0.3 is 14.2 Å². The SMILES string of the molecule is CC/C=C\C/C=C\C/C=C\C/C=C\C/C=C\C/C=C\C/C=C\CCCCCCCCCCCCCC(=O)OCC(COC(=O)CCCCCCCCCCCCCCCC)OC(=O)CCCCCCCCC/C=C\C/C=C\CCCCC. The Morgan fingerprint density at radius 2 is 0.476 bits per heavy atom. The van der Waals surface area contributed by atoms with Gasteiger partial charge in [0.2, 0.25) is 0 Å². The number of carbonyl (C=O) groups excluding carboxylic acids is 3. The topological polar surface area (TPSA) is 78.9 Å². The van der Waals surface area contributed by atoms with Gasteiger partial charge in [0.15, 0.2) is 6.10 Å². The predicted molar refractivity (Wildman–Crippen MR) is 357 cm³/mol. The van der Waals surface area contributed by atoms with Crippen LogP contribution in [-0.2, 0) is 28.6 Å². The van der Waals surface area contributed by atoms with Gasteiger partial charge in [0.05, 0.1) is 0 Å². The van der Waals surface area contributed by atoms with Crippen molar-refractivity contribution in [3.05, 3.63) is 109 Å². The van der Waals surface area contributed by atoms with Crippen LogP contribution in [0, 0.1) is 0 Å². The molecule has 0 N–H and O–H groups in total. The van der Waals surface area contributed by atoms with E-state index < -0.39 is 6.10 Å². The van der Waals surface area contributed by atoms with Gasteiger partial charge in [-0.15, -0.1) is 0 Å². The van der Waals surface area contributed by atoms with Crippen LogP contribution < -0.4 is 0 Å². The van der Waals surface area contributed by atoms with Crippen LogP contribution in [0.3, 0.4) is 0 Å². The zero-order valence-corrected chi connectivity index (χ0v) is 54.0. The van der Waals surface area contributed by atoms with Gasteiger partial charge >= 0.3 is 17.9 Å². The third kappa shape index (κ3) is 66.9. The van der Waals surface area contributed by atoms with Crippen LogP contribution in [0.5, 0.6) is 0 Å². The molecule has 0 bridgehead atoms. The van der Waals surface area contributed by atoms with E-state index in [-0.39, 0.29) is 31.1 Å². The molecule has 0 aromatic rings. The second-order valence-corrected chi connectivity index (χ2v) is 23.1. The first-order valence-corrected chi connectivity index (χ1v) is 34.9. The first kappa shape index (κ1) is 78.1. The van der Waals surface area contributed by atoms with Crippen LogP contribution in [0.15, 0.2) is 109 Å². The van der Waals surface area contributed by atoms with Crippen LogP contribution in [0.2, 0.25) is 0 Å². The lowest BCUT2D eigenvalue weighted by atomic mass is 10.0. The molecule has 470 valence electrons. The van der Waals surface area contributed by atoms with Gasteiger partial charge in [-0.1, -0.05) is 316 Å². The van der Waals surface area contributed by atoms with Gasteiger partial charge in [-0.2, -0.15) is 0 Å². The van der Waals surface area contributed by atoms with Gasteiger partial charge in [0.1, 0.15) is 13.2 Å². The van der Waals surface area contributed by atoms with Crippen LogP contribution in [-0.4, -0.2) is 37.2 Å². The number of allylic oxidation sites excluding steroid dienone is 18. The maximum Gasteiger partial charge on any atom is 0.306 e. The van der Waals surface area contributed by atoms with Crippen molar-refractivity contribution < 1.29 is 28.6 Å². The summed E-state index contributed by atoms with van der Waals surface area (Å²) in [5, 5.41) is 0. The van der Waals surface area contributed by atoms with E-state index >= 15 is 0 Å². The zero-order valence-electron chi connectivity index (χ0n) is 54.0. The van der Waals surface area contributed by atoms with Crippen molar-refractivity contribution in [1.29, 1.82) is 0 Å². The molecule has 0 aromatic carbocycles. The van der Waals surface area contributed by atoms with E-state index in [2.05, 4.69) is 130 Å². The molecule has 6 nitrogen and oxygen atoms in total. The predicted octanol–water partition coefficient (Wildman–Crippen LogP) is 24.2. The Morgan fingerprint density at radius 1 is 0.256 bits per heavy atom. The van der Waals surface area contributed by atoms with E-state index in [1.165, 1.54) is 180 Å². The van der Waals surface area contributed by atoms with Crippen molar-refractivity contribution in [2.75, 3.05) is 13.2 Å². The Hall–Kier alpha value is -3.93. The molecule has 0 aromatic heterocycles. The molecule has 6 heteroatoms. The quantitative estimate of drug-likeness (QED) is 0.0261. The van der Waals surface area contributed by atoms with Gasteiger partial charge in [0, 0.05) is 19.3 Å². The fraction of sp³-hybridized carbons (Fsp3) is 0.724. The Labute approximate surface area is 508 Å². The molecule has 0 fully saturated rings. The summed E-state index contributed by atoms with van der Waals surface area (Å²) in [6.07, 6.45) is 95.3. The second-order valence-electron chi connectivity index (χ2n) is 23.1. The summed E-state index contributed by atoms with van der Waals surface area (Å²) in [7, 11) is 0. The Kier molecular flexibility index (Phi) is 66.2. The molecule has 0 saturated carbocycles. The number of hydrogen-bond donors (Lipinski definition) is 0. The van der Waals surface area contributed by atoms with E-state index in [1.54, 1.807) is 0 Å². The Bertz CT molecular complexity index is 1640. The largest absolute Gasteiger partial charge is 0.462 e. The molecule has 0 saturated heterocycles. The molecule has 0 radical (unpaired) electrons. The maximum atomic E-state index is 12.9. The average Bonchev–Trinajstić information content (AvgIpc) is 3.47. The van der Waals surface area contributed by atoms with Crippen molar-refractivity contribution in [1.82, 2.24) is 0 Å². The molecule has 0 amide bonds. The van der Waals surface area contributed by atoms with Crippen LogP contribution in [0.1, 0.15) is 335 Å². The lowest BCUT2D eigenvalue weighted by Crippen LogP contribution is -2.30. The highest BCUT2D eigenvalue weighted by Gasteiger charge is 2.19. The summed E-state index contributed by atoms with van der Waals surface area (Å²) in [6.45, 7) is 6.53. The first-order chi connectivity index (χ1) is 40.5. The molecule has 0 aliphatic rings. The Balaban J connectivity index is 4.25. The van der Waals surface area contributed by atoms with Gasteiger partial charge in [-0.25, -0.2) is 0 Å². The van der Waals surface area contributed by atoms with Gasteiger partial charge in [0.25, 0.3) is 0 Å². The molecular formula is C76H130O6. The van der Waals surface area contributed by atoms with E-state index in [9.17, 15) is 14.4 Å². The minimum atomic E-state index is -0.783. The zero-order chi connectivity index (χ0) is 59.2. The van der Waals surface area contributed by atoms with Crippen LogP contribution in [0.25, 0.3) is 0 Å². The molecule has 1 atom stereocenters. The summed E-state index contributed by atoms with van der Waals surface area (Å²) >= 11 is 0. The molecule has 0 heterocycles. The number of carbonyl (C=O) groups is 3. The standard InChI is InChI=1S/C76H130O6/c1-4-7-10-13-16-19-22-25-28-30-31-32-33-34-35-36-37-38-39-40-41-42-43-44-45-47-48-51-54-57-60-63-66-69-75(78)81-72-73(71-80-74(77)68-65-62-59-56-53-50-27-24-21-18-15-12-9-6-3)82-76(79)70-67-64-61-58-55-52-49-46-29-26-23-20-17-14-11-8-5-2/h7,10,16-17,19-20,25-26,28-29,31-32,34-35,37-38,40-41,73H,4-6,8-9,11-15,18,21-24,27,30,33,36,39,42-72H2,1-3H3/b10-7-,19-16-,20-17-,28-25-,29-26-,32-31-,35-34-,38-37-,41-40-. The van der Waals surface area contributed by atoms with Crippen LogP contribution >= 0.6 is 0 Å². The van der Waals surface area contributed by atoms with Crippen LogP contribution in [0.4, 0.5) is 0 Å². The summed E-state index contributed by atoms with van der Waals surface area (Å²) in [6, 6.07) is 0. The highest BCUT2D eigenvalue weighted by Crippen LogP contribution is 2.17. The Morgan fingerprint density at radius 3 is 0.768 bits per heavy atom. The van der Waals surface area contributed by atoms with E-state index in [4.69, 9.17) is 14.2 Å². The second kappa shape index (κ2) is 69.6. The van der Waals surface area contributed by atoms with Crippen molar-refractivity contribution in [2.45, 2.75) is 341 Å². The fourth-order valence-corrected chi connectivity index (χ4v) is 9.81. The molecule has 0 spiro atoms. The lowest BCUT2D eigenvalue weighted by Gasteiger charge is -2.18. The van der Waals surface area contributed by atoms with Gasteiger partial charge in [-0.05, 0) is 109 Å². The third-order valence-corrected chi connectivity index (χ3v) is 15.0. The number of ether oxygens (including phenoxy) is 3. The monoisotopic (exact) mass is 1140 g/mol. The van der Waals surface area contributed by atoms with E-state index in [1.807, 2.05) is 0 Å². The number of unbranched alkanes of at least 4 members (excludes halogenated alkanes) is 34. The highest BCUT2D eigenvalue weighted by molar-refractivity contribution is 5.71. The minimum Gasteiger partial charge on any atom is -0.462 e. The third-order valence-electron chi connectivity index (χ3n) is 15.0. The average molecular weight is 1140 g/mol. The fourth-order valence-electron chi connectivity index (χ4n) is 9.81. The van der Waals surface area contributed by atoms with E-state index in [0.717, 1.165) is 116 Å². The molecule has 0 aliphatic heterocycles. The molecule has 1 unspecified atom stereocenters. The van der Waals surface area contributed by atoms with Crippen molar-refractivity contribution in [3.8, 4) is 0 Å². The first-order valence-electron chi connectivity index (χ1n) is 34.9. The van der Waals surface area contributed by atoms with Crippen molar-refractivity contribution in [2.24, 2.45) is 0 Å². The minimum absolute atomic E-state index is 0.0783. The highest BCUT2D eigenvalue weighted by atomic mass is 16.6. The maximum absolute atomic E-state index is 12.9. The summed E-state index contributed by atoms with van der Waals surface area (Å²) in [5.74, 6) is -0.875. The summed E-state index contributed by atoms with van der Waals surface area (Å²) < 4.78 is 17.0. The summed E-state index contributed by atoms with van der Waals surface area (Å²) in [5.41, 5.74) is 0. The molecule has 82 heavy (non-hydrogen) atoms. The normalized spacial score (nSPS) is 12.8.